The summed E-state index contributed by atoms with van der Waals surface area (Å²) in [6, 6.07) is 2.24. The summed E-state index contributed by atoms with van der Waals surface area (Å²) in [5.74, 6) is -0.0808. The highest BCUT2D eigenvalue weighted by molar-refractivity contribution is 5.78. The lowest BCUT2D eigenvalue weighted by molar-refractivity contribution is -0.899. The minimum atomic E-state index is -0.743. The standard InChI is InChI=1S/C16H25N3O3/c1-3-22-15(21)12-5-4-8-19(9-12)10-14(20)18-16(2,11-17)13-6-7-13/h12-13H,3-10H2,1-2H3,(H,18,20)/p+1/t12-,16+/m1/s1. The molecule has 0 aromatic heterocycles. The number of esters is 1. The molecule has 2 N–H and O–H groups in total. The molecule has 2 rings (SSSR count). The van der Waals surface area contributed by atoms with Crippen LogP contribution in [0.3, 0.4) is 0 Å². The van der Waals surface area contributed by atoms with E-state index in [9.17, 15) is 14.9 Å². The zero-order chi connectivity index (χ0) is 16.2. The van der Waals surface area contributed by atoms with Crippen LogP contribution in [-0.4, -0.2) is 43.7 Å². The van der Waals surface area contributed by atoms with Crippen molar-refractivity contribution in [2.24, 2.45) is 11.8 Å². The quantitative estimate of drug-likeness (QED) is 0.657. The van der Waals surface area contributed by atoms with Gasteiger partial charge in [0, 0.05) is 0 Å². The monoisotopic (exact) mass is 308 g/mol. The van der Waals surface area contributed by atoms with E-state index in [2.05, 4.69) is 11.4 Å². The molecule has 1 saturated heterocycles. The molecule has 1 aliphatic carbocycles. The second kappa shape index (κ2) is 7.10. The van der Waals surface area contributed by atoms with E-state index >= 15 is 0 Å². The molecule has 22 heavy (non-hydrogen) atoms. The number of rotatable bonds is 6. The molecular weight excluding hydrogens is 282 g/mol. The topological polar surface area (TPSA) is 83.6 Å². The fourth-order valence-electron chi connectivity index (χ4n) is 3.22. The molecule has 1 amide bonds. The molecule has 1 saturated carbocycles. The SMILES string of the molecule is CCOC(=O)[C@@H]1CCC[NH+](CC(=O)N[C@@](C)(C#N)C2CC2)C1. The Hall–Kier alpha value is -1.61. The van der Waals surface area contributed by atoms with E-state index in [1.165, 1.54) is 0 Å². The van der Waals surface area contributed by atoms with Crippen molar-refractivity contribution in [3.63, 3.8) is 0 Å². The van der Waals surface area contributed by atoms with Crippen LogP contribution in [0.1, 0.15) is 39.5 Å². The Morgan fingerprint density at radius 1 is 1.41 bits per heavy atom. The highest BCUT2D eigenvalue weighted by Crippen LogP contribution is 2.39. The van der Waals surface area contributed by atoms with Gasteiger partial charge in [-0.3, -0.25) is 9.59 Å². The third-order valence-electron chi connectivity index (χ3n) is 4.67. The van der Waals surface area contributed by atoms with Crippen LogP contribution < -0.4 is 10.2 Å². The van der Waals surface area contributed by atoms with Crippen LogP contribution in [-0.2, 0) is 14.3 Å². The average Bonchev–Trinajstić information content (AvgIpc) is 3.32. The van der Waals surface area contributed by atoms with Gasteiger partial charge in [-0.1, -0.05) is 0 Å². The molecule has 6 heteroatoms. The number of ether oxygens (including phenoxy) is 1. The van der Waals surface area contributed by atoms with Crippen molar-refractivity contribution in [1.82, 2.24) is 5.32 Å². The zero-order valence-corrected chi connectivity index (χ0v) is 13.5. The molecular formula is C16H26N3O3+. The fraction of sp³-hybridized carbons (Fsp3) is 0.812. The van der Waals surface area contributed by atoms with E-state index in [4.69, 9.17) is 4.74 Å². The first kappa shape index (κ1) is 16.8. The largest absolute Gasteiger partial charge is 0.466 e. The van der Waals surface area contributed by atoms with E-state index in [-0.39, 0.29) is 23.7 Å². The number of likely N-dealkylation sites (tertiary alicyclic amines) is 1. The van der Waals surface area contributed by atoms with Gasteiger partial charge in [0.05, 0.1) is 25.8 Å². The Bertz CT molecular complexity index is 470. The molecule has 1 unspecified atom stereocenters. The minimum absolute atomic E-state index is 0.101. The van der Waals surface area contributed by atoms with E-state index in [0.717, 1.165) is 37.1 Å². The highest BCUT2D eigenvalue weighted by atomic mass is 16.5. The second-order valence-corrected chi connectivity index (χ2v) is 6.61. The van der Waals surface area contributed by atoms with E-state index in [1.54, 1.807) is 13.8 Å². The van der Waals surface area contributed by atoms with Crippen LogP contribution in [0, 0.1) is 23.2 Å². The lowest BCUT2D eigenvalue weighted by Crippen LogP contribution is -3.15. The number of quaternary nitrogens is 1. The van der Waals surface area contributed by atoms with Gasteiger partial charge in [0.25, 0.3) is 5.91 Å². The van der Waals surface area contributed by atoms with Gasteiger partial charge in [-0.05, 0) is 45.4 Å². The summed E-state index contributed by atoms with van der Waals surface area (Å²) in [4.78, 5) is 25.1. The molecule has 0 spiro atoms. The summed E-state index contributed by atoms with van der Waals surface area (Å²) in [5, 5.41) is 12.2. The van der Waals surface area contributed by atoms with Crippen LogP contribution in [0.2, 0.25) is 0 Å². The van der Waals surface area contributed by atoms with Crippen LogP contribution >= 0.6 is 0 Å². The van der Waals surface area contributed by atoms with Crippen molar-refractivity contribution < 1.29 is 19.2 Å². The molecule has 3 atom stereocenters. The molecule has 1 heterocycles. The number of nitrogens with one attached hydrogen (secondary N) is 2. The van der Waals surface area contributed by atoms with Gasteiger partial charge in [0.1, 0.15) is 11.5 Å². The van der Waals surface area contributed by atoms with Crippen molar-refractivity contribution in [2.45, 2.75) is 45.1 Å². The number of amides is 1. The Balaban J connectivity index is 1.83. The highest BCUT2D eigenvalue weighted by Gasteiger charge is 2.43. The maximum atomic E-state index is 12.2. The molecule has 0 radical (unpaired) electrons. The third kappa shape index (κ3) is 4.20. The molecule has 2 fully saturated rings. The van der Waals surface area contributed by atoms with Gasteiger partial charge in [0.15, 0.2) is 6.54 Å². The summed E-state index contributed by atoms with van der Waals surface area (Å²) in [6.07, 6.45) is 3.77. The van der Waals surface area contributed by atoms with E-state index in [0.29, 0.717) is 19.7 Å². The first-order valence-electron chi connectivity index (χ1n) is 8.21. The molecule has 122 valence electrons. The van der Waals surface area contributed by atoms with Gasteiger partial charge in [0.2, 0.25) is 0 Å². The summed E-state index contributed by atoms with van der Waals surface area (Å²) in [7, 11) is 0. The first-order chi connectivity index (χ1) is 10.5. The van der Waals surface area contributed by atoms with Gasteiger partial charge >= 0.3 is 5.97 Å². The number of hydrogen-bond acceptors (Lipinski definition) is 4. The van der Waals surface area contributed by atoms with E-state index in [1.807, 2.05) is 0 Å². The summed E-state index contributed by atoms with van der Waals surface area (Å²) in [5.41, 5.74) is -0.743. The van der Waals surface area contributed by atoms with E-state index < -0.39 is 5.54 Å². The number of carbonyl (C=O) groups excluding carboxylic acids is 2. The van der Waals surface area contributed by atoms with Gasteiger partial charge in [-0.15, -0.1) is 0 Å². The van der Waals surface area contributed by atoms with Crippen LogP contribution in [0.15, 0.2) is 0 Å². The van der Waals surface area contributed by atoms with Crippen molar-refractivity contribution in [1.29, 1.82) is 5.26 Å². The smallest absolute Gasteiger partial charge is 0.314 e. The second-order valence-electron chi connectivity index (χ2n) is 6.61. The lowest BCUT2D eigenvalue weighted by atomic mass is 9.97. The van der Waals surface area contributed by atoms with Gasteiger partial charge in [-0.25, -0.2) is 0 Å². The summed E-state index contributed by atoms with van der Waals surface area (Å²) >= 11 is 0. The molecule has 1 aliphatic heterocycles. The Morgan fingerprint density at radius 2 is 2.14 bits per heavy atom. The van der Waals surface area contributed by atoms with Crippen LogP contribution in [0.5, 0.6) is 0 Å². The zero-order valence-electron chi connectivity index (χ0n) is 13.5. The number of carbonyl (C=O) groups is 2. The molecule has 6 nitrogen and oxygen atoms in total. The first-order valence-corrected chi connectivity index (χ1v) is 8.21. The van der Waals surface area contributed by atoms with Gasteiger partial charge in [-0.2, -0.15) is 5.26 Å². The number of nitrogens with zero attached hydrogens (tertiary/aromatic N) is 1. The maximum Gasteiger partial charge on any atom is 0.314 e. The van der Waals surface area contributed by atoms with Crippen molar-refractivity contribution in [3.8, 4) is 6.07 Å². The average molecular weight is 308 g/mol. The Kier molecular flexibility index (Phi) is 5.41. The van der Waals surface area contributed by atoms with Crippen LogP contribution in [0.25, 0.3) is 0 Å². The van der Waals surface area contributed by atoms with Crippen molar-refractivity contribution in [3.05, 3.63) is 0 Å². The molecule has 0 bridgehead atoms. The predicted molar refractivity (Wildman–Crippen MR) is 79.8 cm³/mol. The molecule has 0 aromatic rings. The van der Waals surface area contributed by atoms with Gasteiger partial charge < -0.3 is 15.0 Å². The Labute approximate surface area is 131 Å². The summed E-state index contributed by atoms with van der Waals surface area (Å²) in [6.45, 7) is 5.84. The maximum absolute atomic E-state index is 12.2. The summed E-state index contributed by atoms with van der Waals surface area (Å²) < 4.78 is 5.08. The molecule has 2 aliphatic rings. The Morgan fingerprint density at radius 3 is 2.73 bits per heavy atom. The van der Waals surface area contributed by atoms with Crippen LogP contribution in [0.4, 0.5) is 0 Å². The predicted octanol–water partition coefficient (Wildman–Crippen LogP) is -0.347. The lowest BCUT2D eigenvalue weighted by Gasteiger charge is -2.29. The number of piperidine rings is 1. The van der Waals surface area contributed by atoms with Crippen molar-refractivity contribution >= 4 is 11.9 Å². The molecule has 0 aromatic carbocycles. The van der Waals surface area contributed by atoms with Crippen molar-refractivity contribution in [2.75, 3.05) is 26.2 Å². The third-order valence-corrected chi connectivity index (χ3v) is 4.67. The normalized spacial score (nSPS) is 27.3. The number of hydrogen-bond donors (Lipinski definition) is 2. The minimum Gasteiger partial charge on any atom is -0.466 e. The number of nitriles is 1. The fourth-order valence-corrected chi connectivity index (χ4v) is 3.22.